The fraction of sp³-hybridized carbons (Fsp3) is 0.667. The minimum atomic E-state index is -0.243. The predicted molar refractivity (Wildman–Crippen MR) is 117 cm³/mol. The number of hydrogen-bond acceptors (Lipinski definition) is 2. The third kappa shape index (κ3) is 6.50. The first-order valence-corrected chi connectivity index (χ1v) is 10.8. The van der Waals surface area contributed by atoms with Gasteiger partial charge in [0.2, 0.25) is 0 Å². The van der Waals surface area contributed by atoms with Crippen LogP contribution in [-0.4, -0.2) is 18.3 Å². The molecule has 1 aliphatic heterocycles. The maximum atomic E-state index is 6.27. The lowest BCUT2D eigenvalue weighted by Crippen LogP contribution is -2.41. The second-order valence-corrected chi connectivity index (χ2v) is 9.07. The number of allylic oxidation sites excluding steroid dienone is 2. The Bertz CT molecular complexity index is 588. The molecule has 2 nitrogen and oxygen atoms in total. The molecule has 0 saturated carbocycles. The summed E-state index contributed by atoms with van der Waals surface area (Å²) in [6.07, 6.45) is 9.43. The van der Waals surface area contributed by atoms with E-state index in [2.05, 4.69) is 71.9 Å². The Morgan fingerprint density at radius 2 is 1.52 bits per heavy atom. The molecule has 3 heteroatoms. The molecular weight excluding hydrogens is 331 g/mol. The molecule has 150 valence electrons. The highest BCUT2D eigenvalue weighted by molar-refractivity contribution is 6.46. The first-order valence-electron chi connectivity index (χ1n) is 10.8. The Kier molecular flexibility index (Phi) is 8.18. The molecule has 0 N–H and O–H groups in total. The molecule has 1 fully saturated rings. The minimum Gasteiger partial charge on any atom is -0.403 e. The summed E-state index contributed by atoms with van der Waals surface area (Å²) in [5, 5.41) is 0. The third-order valence-electron chi connectivity index (χ3n) is 6.26. The van der Waals surface area contributed by atoms with Gasteiger partial charge in [0, 0.05) is 6.32 Å². The van der Waals surface area contributed by atoms with Gasteiger partial charge in [-0.25, -0.2) is 0 Å². The lowest BCUT2D eigenvalue weighted by Gasteiger charge is -2.32. The molecule has 0 atom stereocenters. The second kappa shape index (κ2) is 9.93. The summed E-state index contributed by atoms with van der Waals surface area (Å²) >= 11 is 0. The van der Waals surface area contributed by atoms with E-state index in [-0.39, 0.29) is 18.3 Å². The van der Waals surface area contributed by atoms with Crippen LogP contribution in [0.1, 0.15) is 85.6 Å². The smallest absolute Gasteiger partial charge is 0.403 e. The summed E-state index contributed by atoms with van der Waals surface area (Å²) in [5.41, 5.74) is 4.04. The van der Waals surface area contributed by atoms with Gasteiger partial charge in [-0.15, -0.1) is 0 Å². The van der Waals surface area contributed by atoms with Gasteiger partial charge >= 0.3 is 7.12 Å². The molecule has 1 heterocycles. The van der Waals surface area contributed by atoms with E-state index in [9.17, 15) is 0 Å². The first kappa shape index (κ1) is 22.2. The Balaban J connectivity index is 1.98. The van der Waals surface area contributed by atoms with Gasteiger partial charge in [-0.1, -0.05) is 61.2 Å². The topological polar surface area (TPSA) is 18.5 Å². The summed E-state index contributed by atoms with van der Waals surface area (Å²) in [6.45, 7) is 13.1. The number of rotatable bonds is 10. The van der Waals surface area contributed by atoms with E-state index in [0.29, 0.717) is 0 Å². The largest absolute Gasteiger partial charge is 0.462 e. The van der Waals surface area contributed by atoms with E-state index < -0.39 is 0 Å². The third-order valence-corrected chi connectivity index (χ3v) is 6.26. The van der Waals surface area contributed by atoms with Crippen molar-refractivity contribution >= 4 is 7.12 Å². The van der Waals surface area contributed by atoms with Gasteiger partial charge in [0.25, 0.3) is 0 Å². The normalized spacial score (nSPS) is 19.3. The first-order chi connectivity index (χ1) is 12.7. The molecule has 1 aliphatic rings. The molecule has 0 spiro atoms. The van der Waals surface area contributed by atoms with Gasteiger partial charge in [0.15, 0.2) is 0 Å². The highest BCUT2D eigenvalue weighted by atomic mass is 16.7. The van der Waals surface area contributed by atoms with Crippen LogP contribution in [0.3, 0.4) is 0 Å². The van der Waals surface area contributed by atoms with Crippen molar-refractivity contribution in [3.05, 3.63) is 47.0 Å². The molecule has 1 saturated heterocycles. The van der Waals surface area contributed by atoms with E-state index in [0.717, 1.165) is 19.2 Å². The van der Waals surface area contributed by atoms with Crippen LogP contribution in [0.4, 0.5) is 0 Å². The van der Waals surface area contributed by atoms with E-state index >= 15 is 0 Å². The maximum Gasteiger partial charge on any atom is 0.462 e. The van der Waals surface area contributed by atoms with Crippen LogP contribution in [-0.2, 0) is 15.7 Å². The zero-order chi connectivity index (χ0) is 19.9. The number of aryl methyl sites for hydroxylation is 1. The molecule has 27 heavy (non-hydrogen) atoms. The SMILES string of the molecule is CCCCC/C(CB1OC(C)(C)C(C)(C)O1)=C(\C)CCCc1ccccc1. The number of benzene rings is 1. The summed E-state index contributed by atoms with van der Waals surface area (Å²) in [5.74, 6) is 0. The highest BCUT2D eigenvalue weighted by Crippen LogP contribution is 2.39. The Hall–Kier alpha value is -1.06. The molecule has 0 unspecified atom stereocenters. The van der Waals surface area contributed by atoms with Gasteiger partial charge < -0.3 is 9.31 Å². The average molecular weight is 370 g/mol. The van der Waals surface area contributed by atoms with Gasteiger partial charge in [-0.05, 0) is 72.3 Å². The van der Waals surface area contributed by atoms with Crippen LogP contribution in [0, 0.1) is 0 Å². The van der Waals surface area contributed by atoms with Gasteiger partial charge in [0.05, 0.1) is 11.2 Å². The van der Waals surface area contributed by atoms with E-state index in [4.69, 9.17) is 9.31 Å². The van der Waals surface area contributed by atoms with Crippen molar-refractivity contribution in [3.63, 3.8) is 0 Å². The van der Waals surface area contributed by atoms with Crippen molar-refractivity contribution in [2.45, 2.75) is 104 Å². The Labute approximate surface area is 167 Å². The van der Waals surface area contributed by atoms with E-state index in [1.54, 1.807) is 5.57 Å². The predicted octanol–water partition coefficient (Wildman–Crippen LogP) is 7.00. The molecule has 1 aromatic carbocycles. The summed E-state index contributed by atoms with van der Waals surface area (Å²) < 4.78 is 12.5. The Morgan fingerprint density at radius 1 is 0.889 bits per heavy atom. The van der Waals surface area contributed by atoms with Crippen LogP contribution < -0.4 is 0 Å². The van der Waals surface area contributed by atoms with Crippen LogP contribution >= 0.6 is 0 Å². The summed E-state index contributed by atoms with van der Waals surface area (Å²) in [7, 11) is -0.115. The summed E-state index contributed by atoms with van der Waals surface area (Å²) in [4.78, 5) is 0. The molecule has 0 amide bonds. The fourth-order valence-corrected chi connectivity index (χ4v) is 3.71. The monoisotopic (exact) mass is 370 g/mol. The van der Waals surface area contributed by atoms with Crippen LogP contribution in [0.15, 0.2) is 41.5 Å². The average Bonchev–Trinajstić information content (AvgIpc) is 2.81. The Morgan fingerprint density at radius 3 is 2.11 bits per heavy atom. The number of unbranched alkanes of at least 4 members (excludes halogenated alkanes) is 2. The van der Waals surface area contributed by atoms with Gasteiger partial charge in [-0.3, -0.25) is 0 Å². The molecule has 0 bridgehead atoms. The van der Waals surface area contributed by atoms with Crippen LogP contribution in [0.25, 0.3) is 0 Å². The lowest BCUT2D eigenvalue weighted by molar-refractivity contribution is 0.00578. The molecule has 0 aliphatic carbocycles. The van der Waals surface area contributed by atoms with Crippen molar-refractivity contribution in [1.82, 2.24) is 0 Å². The van der Waals surface area contributed by atoms with Crippen molar-refractivity contribution in [3.8, 4) is 0 Å². The highest BCUT2D eigenvalue weighted by Gasteiger charge is 2.50. The standard InChI is InChI=1S/C24H39BO2/c1-7-8-10-18-22(19-25-26-23(3,4)24(5,6)27-25)20(2)14-13-17-21-15-11-9-12-16-21/h9,11-12,15-16H,7-8,10,13-14,17-19H2,1-6H3/b22-20-. The minimum absolute atomic E-state index is 0.115. The van der Waals surface area contributed by atoms with Gasteiger partial charge in [-0.2, -0.15) is 0 Å². The maximum absolute atomic E-state index is 6.27. The van der Waals surface area contributed by atoms with E-state index in [1.165, 1.54) is 43.2 Å². The van der Waals surface area contributed by atoms with Crippen molar-refractivity contribution in [1.29, 1.82) is 0 Å². The zero-order valence-corrected chi connectivity index (χ0v) is 18.4. The zero-order valence-electron chi connectivity index (χ0n) is 18.4. The van der Waals surface area contributed by atoms with Crippen LogP contribution in [0.5, 0.6) is 0 Å². The number of hydrogen-bond donors (Lipinski definition) is 0. The molecule has 1 aromatic rings. The second-order valence-electron chi connectivity index (χ2n) is 9.07. The summed E-state index contributed by atoms with van der Waals surface area (Å²) in [6, 6.07) is 10.8. The molecule has 0 aromatic heterocycles. The van der Waals surface area contributed by atoms with Gasteiger partial charge in [0.1, 0.15) is 0 Å². The van der Waals surface area contributed by atoms with Crippen molar-refractivity contribution in [2.75, 3.05) is 0 Å². The molecule has 0 radical (unpaired) electrons. The molecule has 2 rings (SSSR count). The lowest BCUT2D eigenvalue weighted by atomic mass is 9.77. The van der Waals surface area contributed by atoms with Crippen LogP contribution in [0.2, 0.25) is 6.32 Å². The van der Waals surface area contributed by atoms with Crippen molar-refractivity contribution in [2.24, 2.45) is 0 Å². The molecular formula is C24H39BO2. The van der Waals surface area contributed by atoms with Crippen molar-refractivity contribution < 1.29 is 9.31 Å². The fourth-order valence-electron chi connectivity index (χ4n) is 3.71. The quantitative estimate of drug-likeness (QED) is 0.251. The van der Waals surface area contributed by atoms with E-state index in [1.807, 2.05) is 0 Å².